The molecule has 0 radical (unpaired) electrons. The lowest BCUT2D eigenvalue weighted by Crippen LogP contribution is -2.02. The third kappa shape index (κ3) is 1.08. The molecule has 0 nitrogen and oxygen atoms in total. The zero-order chi connectivity index (χ0) is 5.98. The summed E-state index contributed by atoms with van der Waals surface area (Å²) in [4.78, 5) is 0. The van der Waals surface area contributed by atoms with E-state index in [1.165, 1.54) is 19.3 Å². The average Bonchev–Trinajstić information content (AvgIpc) is 2.14. The maximum atomic E-state index is 4.86. The van der Waals surface area contributed by atoms with Gasteiger partial charge in [0.25, 0.3) is 0 Å². The second kappa shape index (κ2) is 2.58. The molecule has 46 valence electrons. The molecule has 1 heteroatoms. The Morgan fingerprint density at radius 2 is 2.25 bits per heavy atom. The van der Waals surface area contributed by atoms with E-state index >= 15 is 0 Å². The molecule has 0 heterocycles. The van der Waals surface area contributed by atoms with Gasteiger partial charge in [0.2, 0.25) is 0 Å². The van der Waals surface area contributed by atoms with Crippen LogP contribution in [-0.2, 0) is 0 Å². The first-order valence-electron chi connectivity index (χ1n) is 3.30. The molecule has 2 unspecified atom stereocenters. The van der Waals surface area contributed by atoms with Gasteiger partial charge in [0.1, 0.15) is 0 Å². The van der Waals surface area contributed by atoms with Crippen molar-refractivity contribution in [2.24, 2.45) is 11.8 Å². The molecule has 2 atom stereocenters. The standard InChI is InChI=1S/C7H12S/c1-6-3-2-4-7(6)5-8/h5-7H,2-4H2,1H3. The van der Waals surface area contributed by atoms with Crippen LogP contribution in [0.3, 0.4) is 0 Å². The lowest BCUT2D eigenvalue weighted by Gasteiger charge is -2.05. The van der Waals surface area contributed by atoms with Crippen LogP contribution in [-0.4, -0.2) is 5.37 Å². The van der Waals surface area contributed by atoms with Crippen molar-refractivity contribution in [2.75, 3.05) is 0 Å². The molecule has 0 bridgehead atoms. The molecule has 0 aliphatic heterocycles. The Labute approximate surface area is 56.3 Å². The van der Waals surface area contributed by atoms with E-state index in [9.17, 15) is 0 Å². The van der Waals surface area contributed by atoms with Crippen molar-refractivity contribution in [3.63, 3.8) is 0 Å². The van der Waals surface area contributed by atoms with Crippen LogP contribution in [0, 0.1) is 11.8 Å². The van der Waals surface area contributed by atoms with Crippen LogP contribution in [0.2, 0.25) is 0 Å². The van der Waals surface area contributed by atoms with Gasteiger partial charge in [-0.3, -0.25) is 0 Å². The number of hydrogen-bond donors (Lipinski definition) is 0. The summed E-state index contributed by atoms with van der Waals surface area (Å²) in [6.07, 6.45) is 4.11. The first-order chi connectivity index (χ1) is 3.84. The van der Waals surface area contributed by atoms with Gasteiger partial charge in [-0.05, 0) is 23.6 Å². The smallest absolute Gasteiger partial charge is 0.0103 e. The SMILES string of the molecule is CC1CCCC1C=S. The van der Waals surface area contributed by atoms with Gasteiger partial charge in [-0.25, -0.2) is 0 Å². The van der Waals surface area contributed by atoms with Crippen molar-refractivity contribution in [1.82, 2.24) is 0 Å². The fraction of sp³-hybridized carbons (Fsp3) is 0.857. The summed E-state index contributed by atoms with van der Waals surface area (Å²) in [5.41, 5.74) is 0. The summed E-state index contributed by atoms with van der Waals surface area (Å²) in [6, 6.07) is 0. The van der Waals surface area contributed by atoms with Gasteiger partial charge < -0.3 is 0 Å². The van der Waals surface area contributed by atoms with E-state index in [-0.39, 0.29) is 0 Å². The van der Waals surface area contributed by atoms with Crippen LogP contribution in [0.4, 0.5) is 0 Å². The van der Waals surface area contributed by atoms with Crippen molar-refractivity contribution in [2.45, 2.75) is 26.2 Å². The van der Waals surface area contributed by atoms with Crippen LogP contribution >= 0.6 is 12.2 Å². The lowest BCUT2D eigenvalue weighted by atomic mass is 10.0. The molecule has 0 spiro atoms. The van der Waals surface area contributed by atoms with Gasteiger partial charge in [-0.2, -0.15) is 0 Å². The monoisotopic (exact) mass is 128 g/mol. The van der Waals surface area contributed by atoms with Crippen molar-refractivity contribution < 1.29 is 0 Å². The molecule has 8 heavy (non-hydrogen) atoms. The quantitative estimate of drug-likeness (QED) is 0.489. The molecule has 1 saturated carbocycles. The maximum Gasteiger partial charge on any atom is -0.0103 e. The summed E-state index contributed by atoms with van der Waals surface area (Å²) in [7, 11) is 0. The molecular formula is C7H12S. The molecule has 1 fully saturated rings. The molecule has 0 aromatic carbocycles. The predicted octanol–water partition coefficient (Wildman–Crippen LogP) is 2.42. The first kappa shape index (κ1) is 6.21. The Hall–Kier alpha value is 0.0900. The van der Waals surface area contributed by atoms with Crippen molar-refractivity contribution in [3.05, 3.63) is 0 Å². The predicted molar refractivity (Wildman–Crippen MR) is 40.2 cm³/mol. The number of rotatable bonds is 1. The van der Waals surface area contributed by atoms with Crippen LogP contribution in [0.5, 0.6) is 0 Å². The summed E-state index contributed by atoms with van der Waals surface area (Å²) in [6.45, 7) is 2.29. The summed E-state index contributed by atoms with van der Waals surface area (Å²) in [5.74, 6) is 1.62. The zero-order valence-electron chi connectivity index (χ0n) is 5.26. The molecule has 1 rings (SSSR count). The minimum absolute atomic E-state index is 0.755. The van der Waals surface area contributed by atoms with E-state index in [1.807, 2.05) is 5.37 Å². The summed E-state index contributed by atoms with van der Waals surface area (Å²) in [5, 5.41) is 1.94. The Morgan fingerprint density at radius 3 is 2.50 bits per heavy atom. The van der Waals surface area contributed by atoms with Gasteiger partial charge in [-0.1, -0.05) is 32.0 Å². The summed E-state index contributed by atoms with van der Waals surface area (Å²) >= 11 is 4.86. The molecular weight excluding hydrogens is 116 g/mol. The highest BCUT2D eigenvalue weighted by Crippen LogP contribution is 2.29. The van der Waals surface area contributed by atoms with Crippen LogP contribution in [0.1, 0.15) is 26.2 Å². The van der Waals surface area contributed by atoms with Gasteiger partial charge in [0.05, 0.1) is 0 Å². The van der Waals surface area contributed by atoms with Crippen molar-refractivity contribution >= 4 is 17.6 Å². The van der Waals surface area contributed by atoms with E-state index in [4.69, 9.17) is 12.2 Å². The highest BCUT2D eigenvalue weighted by Gasteiger charge is 2.20. The Morgan fingerprint density at radius 1 is 1.50 bits per heavy atom. The van der Waals surface area contributed by atoms with Gasteiger partial charge in [0.15, 0.2) is 0 Å². The topological polar surface area (TPSA) is 0 Å². The zero-order valence-corrected chi connectivity index (χ0v) is 6.08. The van der Waals surface area contributed by atoms with E-state index in [0.717, 1.165) is 11.8 Å². The highest BCUT2D eigenvalue weighted by atomic mass is 32.1. The largest absolute Gasteiger partial charge is 0.0932 e. The number of hydrogen-bond acceptors (Lipinski definition) is 1. The Kier molecular flexibility index (Phi) is 2.01. The van der Waals surface area contributed by atoms with Crippen molar-refractivity contribution in [1.29, 1.82) is 0 Å². The minimum Gasteiger partial charge on any atom is -0.0932 e. The maximum absolute atomic E-state index is 4.86. The molecule has 1 aliphatic rings. The Balaban J connectivity index is 2.41. The Bertz CT molecular complexity index is 88.4. The van der Waals surface area contributed by atoms with Crippen molar-refractivity contribution in [3.8, 4) is 0 Å². The van der Waals surface area contributed by atoms with Crippen LogP contribution in [0.25, 0.3) is 0 Å². The highest BCUT2D eigenvalue weighted by molar-refractivity contribution is 7.79. The lowest BCUT2D eigenvalue weighted by molar-refractivity contribution is 0.542. The van der Waals surface area contributed by atoms with E-state index in [0.29, 0.717) is 0 Å². The molecule has 0 aromatic rings. The van der Waals surface area contributed by atoms with Crippen LogP contribution in [0.15, 0.2) is 0 Å². The first-order valence-corrected chi connectivity index (χ1v) is 3.77. The van der Waals surface area contributed by atoms with E-state index < -0.39 is 0 Å². The molecule has 0 amide bonds. The van der Waals surface area contributed by atoms with E-state index in [1.54, 1.807) is 0 Å². The normalized spacial score (nSPS) is 37.6. The fourth-order valence-corrected chi connectivity index (χ4v) is 1.78. The molecule has 1 aliphatic carbocycles. The van der Waals surface area contributed by atoms with Gasteiger partial charge >= 0.3 is 0 Å². The van der Waals surface area contributed by atoms with Crippen LogP contribution < -0.4 is 0 Å². The molecule has 0 aromatic heterocycles. The summed E-state index contributed by atoms with van der Waals surface area (Å²) < 4.78 is 0. The second-order valence-corrected chi connectivity index (χ2v) is 2.98. The molecule has 0 N–H and O–H groups in total. The molecule has 0 saturated heterocycles. The van der Waals surface area contributed by atoms with E-state index in [2.05, 4.69) is 6.92 Å². The number of thiocarbonyl (C=S) groups is 1. The van der Waals surface area contributed by atoms with Gasteiger partial charge in [0, 0.05) is 0 Å². The minimum atomic E-state index is 0.755. The average molecular weight is 128 g/mol. The third-order valence-corrected chi connectivity index (χ3v) is 2.45. The fourth-order valence-electron chi connectivity index (χ4n) is 1.38. The second-order valence-electron chi connectivity index (χ2n) is 2.71. The third-order valence-electron chi connectivity index (χ3n) is 2.10. The van der Waals surface area contributed by atoms with Gasteiger partial charge in [-0.15, -0.1) is 0 Å².